The molecule has 2 N–H and O–H groups in total. The molecule has 1 aliphatic carbocycles. The summed E-state index contributed by atoms with van der Waals surface area (Å²) in [6, 6.07) is 0. The molecule has 0 spiro atoms. The Balaban J connectivity index is 2.23. The van der Waals surface area contributed by atoms with Crippen molar-refractivity contribution in [2.24, 2.45) is 11.7 Å². The second-order valence-corrected chi connectivity index (χ2v) is 5.67. The molecule has 0 amide bonds. The molecule has 3 nitrogen and oxygen atoms in total. The van der Waals surface area contributed by atoms with Crippen LogP contribution < -0.4 is 5.73 Å². The maximum absolute atomic E-state index is 6.11. The second-order valence-electron chi connectivity index (χ2n) is 5.67. The minimum absolute atomic E-state index is 0.0166. The number of rotatable bonds is 9. The van der Waals surface area contributed by atoms with Crippen molar-refractivity contribution >= 4 is 0 Å². The van der Waals surface area contributed by atoms with E-state index in [0.717, 1.165) is 44.8 Å². The summed E-state index contributed by atoms with van der Waals surface area (Å²) >= 11 is 0. The molecule has 0 radical (unpaired) electrons. The van der Waals surface area contributed by atoms with Crippen LogP contribution in [0, 0.1) is 5.92 Å². The first-order chi connectivity index (χ1) is 8.76. The minimum Gasteiger partial charge on any atom is -0.385 e. The first-order valence-electron chi connectivity index (χ1n) is 7.59. The molecular formula is C15H31NO2. The number of ether oxygens (including phenoxy) is 2. The van der Waals surface area contributed by atoms with Crippen molar-refractivity contribution in [3.63, 3.8) is 0 Å². The molecule has 0 aromatic carbocycles. The van der Waals surface area contributed by atoms with Crippen LogP contribution in [0.15, 0.2) is 0 Å². The van der Waals surface area contributed by atoms with Crippen molar-refractivity contribution in [3.05, 3.63) is 0 Å². The maximum atomic E-state index is 6.11. The third-order valence-electron chi connectivity index (χ3n) is 4.24. The van der Waals surface area contributed by atoms with Gasteiger partial charge in [-0.25, -0.2) is 0 Å². The van der Waals surface area contributed by atoms with Gasteiger partial charge in [0.25, 0.3) is 0 Å². The monoisotopic (exact) mass is 257 g/mol. The molecule has 3 heteroatoms. The summed E-state index contributed by atoms with van der Waals surface area (Å²) < 4.78 is 11.2. The van der Waals surface area contributed by atoms with Crippen molar-refractivity contribution in [2.75, 3.05) is 26.9 Å². The van der Waals surface area contributed by atoms with Gasteiger partial charge in [-0.15, -0.1) is 0 Å². The molecule has 0 aliphatic heterocycles. The van der Waals surface area contributed by atoms with Gasteiger partial charge < -0.3 is 15.2 Å². The van der Waals surface area contributed by atoms with Crippen molar-refractivity contribution < 1.29 is 9.47 Å². The van der Waals surface area contributed by atoms with E-state index in [0.29, 0.717) is 6.54 Å². The maximum Gasteiger partial charge on any atom is 0.0804 e. The predicted octanol–water partition coefficient (Wildman–Crippen LogP) is 3.12. The molecule has 0 unspecified atom stereocenters. The predicted molar refractivity (Wildman–Crippen MR) is 75.7 cm³/mol. The lowest BCUT2D eigenvalue weighted by atomic mass is 9.77. The van der Waals surface area contributed by atoms with E-state index in [2.05, 4.69) is 6.92 Å². The molecule has 1 rings (SSSR count). The lowest BCUT2D eigenvalue weighted by Gasteiger charge is -2.39. The fourth-order valence-corrected chi connectivity index (χ4v) is 2.95. The summed E-state index contributed by atoms with van der Waals surface area (Å²) in [6.07, 6.45) is 9.72. The highest BCUT2D eigenvalue weighted by atomic mass is 16.5. The van der Waals surface area contributed by atoms with Gasteiger partial charge in [-0.1, -0.05) is 19.8 Å². The van der Waals surface area contributed by atoms with Gasteiger partial charge in [0.1, 0.15) is 0 Å². The van der Waals surface area contributed by atoms with E-state index < -0.39 is 0 Å². The third kappa shape index (κ3) is 5.25. The Morgan fingerprint density at radius 3 is 2.39 bits per heavy atom. The average molecular weight is 257 g/mol. The van der Waals surface area contributed by atoms with Crippen LogP contribution in [0.2, 0.25) is 0 Å². The van der Waals surface area contributed by atoms with Gasteiger partial charge in [0.15, 0.2) is 0 Å². The van der Waals surface area contributed by atoms with Gasteiger partial charge in [-0.05, 0) is 44.4 Å². The zero-order chi connectivity index (χ0) is 13.3. The van der Waals surface area contributed by atoms with E-state index in [1.807, 2.05) is 0 Å². The molecule has 0 heterocycles. The van der Waals surface area contributed by atoms with E-state index in [1.165, 1.54) is 25.7 Å². The number of hydrogen-bond acceptors (Lipinski definition) is 3. The molecule has 0 atom stereocenters. The Bertz CT molecular complexity index is 201. The Hall–Kier alpha value is -0.120. The van der Waals surface area contributed by atoms with Crippen LogP contribution in [0.25, 0.3) is 0 Å². The SMILES string of the molecule is CCCC1CCC(CN)(OCCCCOC)CC1. The summed E-state index contributed by atoms with van der Waals surface area (Å²) in [5, 5.41) is 0. The number of hydrogen-bond donors (Lipinski definition) is 1. The number of methoxy groups -OCH3 is 1. The van der Waals surface area contributed by atoms with Gasteiger partial charge in [-0.2, -0.15) is 0 Å². The first kappa shape index (κ1) is 15.9. The summed E-state index contributed by atoms with van der Waals surface area (Å²) in [4.78, 5) is 0. The molecule has 0 saturated heterocycles. The summed E-state index contributed by atoms with van der Waals surface area (Å²) in [6.45, 7) is 4.61. The molecule has 1 saturated carbocycles. The molecule has 108 valence electrons. The van der Waals surface area contributed by atoms with Gasteiger partial charge in [0.2, 0.25) is 0 Å². The number of nitrogens with two attached hydrogens (primary N) is 1. The first-order valence-corrected chi connectivity index (χ1v) is 7.59. The zero-order valence-electron chi connectivity index (χ0n) is 12.2. The molecule has 18 heavy (non-hydrogen) atoms. The highest BCUT2D eigenvalue weighted by Crippen LogP contribution is 2.36. The highest BCUT2D eigenvalue weighted by molar-refractivity contribution is 4.88. The lowest BCUT2D eigenvalue weighted by molar-refractivity contribution is -0.0736. The van der Waals surface area contributed by atoms with Crippen LogP contribution >= 0.6 is 0 Å². The molecule has 0 bridgehead atoms. The Morgan fingerprint density at radius 1 is 1.17 bits per heavy atom. The molecule has 0 aromatic rings. The van der Waals surface area contributed by atoms with E-state index in [4.69, 9.17) is 15.2 Å². The minimum atomic E-state index is -0.0166. The molecule has 1 fully saturated rings. The molecular weight excluding hydrogens is 226 g/mol. The van der Waals surface area contributed by atoms with Crippen molar-refractivity contribution in [2.45, 2.75) is 63.9 Å². The van der Waals surface area contributed by atoms with E-state index >= 15 is 0 Å². The third-order valence-corrected chi connectivity index (χ3v) is 4.24. The highest BCUT2D eigenvalue weighted by Gasteiger charge is 2.34. The fraction of sp³-hybridized carbons (Fsp3) is 1.00. The van der Waals surface area contributed by atoms with Gasteiger partial charge in [0, 0.05) is 26.9 Å². The van der Waals surface area contributed by atoms with Crippen LogP contribution in [-0.4, -0.2) is 32.5 Å². The average Bonchev–Trinajstić information content (AvgIpc) is 2.41. The van der Waals surface area contributed by atoms with Crippen molar-refractivity contribution in [1.29, 1.82) is 0 Å². The number of unbranched alkanes of at least 4 members (excludes halogenated alkanes) is 1. The van der Waals surface area contributed by atoms with Gasteiger partial charge in [-0.3, -0.25) is 0 Å². The van der Waals surface area contributed by atoms with E-state index in [-0.39, 0.29) is 5.60 Å². The fourth-order valence-electron chi connectivity index (χ4n) is 2.95. The Labute approximate surface area is 112 Å². The Kier molecular flexibility index (Phi) is 7.87. The van der Waals surface area contributed by atoms with E-state index in [1.54, 1.807) is 7.11 Å². The van der Waals surface area contributed by atoms with Crippen LogP contribution in [0.3, 0.4) is 0 Å². The lowest BCUT2D eigenvalue weighted by Crippen LogP contribution is -2.44. The summed E-state index contributed by atoms with van der Waals surface area (Å²) in [7, 11) is 1.75. The topological polar surface area (TPSA) is 44.5 Å². The summed E-state index contributed by atoms with van der Waals surface area (Å²) in [5.41, 5.74) is 5.93. The Morgan fingerprint density at radius 2 is 1.83 bits per heavy atom. The quantitative estimate of drug-likeness (QED) is 0.645. The van der Waals surface area contributed by atoms with Gasteiger partial charge in [0.05, 0.1) is 5.60 Å². The largest absolute Gasteiger partial charge is 0.385 e. The van der Waals surface area contributed by atoms with Crippen LogP contribution in [0.1, 0.15) is 58.3 Å². The van der Waals surface area contributed by atoms with E-state index in [9.17, 15) is 0 Å². The van der Waals surface area contributed by atoms with Crippen LogP contribution in [0.5, 0.6) is 0 Å². The van der Waals surface area contributed by atoms with Crippen molar-refractivity contribution in [1.82, 2.24) is 0 Å². The smallest absolute Gasteiger partial charge is 0.0804 e. The second kappa shape index (κ2) is 8.89. The molecule has 0 aromatic heterocycles. The molecule has 1 aliphatic rings. The summed E-state index contributed by atoms with van der Waals surface area (Å²) in [5.74, 6) is 0.909. The van der Waals surface area contributed by atoms with Crippen LogP contribution in [-0.2, 0) is 9.47 Å². The zero-order valence-corrected chi connectivity index (χ0v) is 12.2. The van der Waals surface area contributed by atoms with Gasteiger partial charge >= 0.3 is 0 Å². The van der Waals surface area contributed by atoms with Crippen molar-refractivity contribution in [3.8, 4) is 0 Å². The standard InChI is InChI=1S/C15H31NO2/c1-3-6-14-7-9-15(13-16,10-8-14)18-12-5-4-11-17-2/h14H,3-13,16H2,1-2H3. The van der Waals surface area contributed by atoms with Crippen LogP contribution in [0.4, 0.5) is 0 Å². The normalized spacial score (nSPS) is 28.5.